The van der Waals surface area contributed by atoms with Gasteiger partial charge in [0.2, 0.25) is 0 Å². The first kappa shape index (κ1) is 17.6. The van der Waals surface area contributed by atoms with E-state index in [0.29, 0.717) is 0 Å². The van der Waals surface area contributed by atoms with E-state index >= 15 is 0 Å². The fourth-order valence-corrected chi connectivity index (χ4v) is 3.84. The first-order valence-electron chi connectivity index (χ1n) is 9.28. The third-order valence-corrected chi connectivity index (χ3v) is 5.12. The zero-order valence-corrected chi connectivity index (χ0v) is 15.2. The maximum absolute atomic E-state index is 10.5. The second-order valence-corrected chi connectivity index (χ2v) is 7.03. The van der Waals surface area contributed by atoms with Gasteiger partial charge < -0.3 is 10.2 Å². The molecule has 27 heavy (non-hydrogen) atoms. The Morgan fingerprint density at radius 1 is 0.704 bits per heavy atom. The molecule has 1 fully saturated rings. The second-order valence-electron chi connectivity index (χ2n) is 7.03. The monoisotopic (exact) mass is 360 g/mol. The molecule has 4 nitrogen and oxygen atoms in total. The molecule has 0 radical (unpaired) electrons. The van der Waals surface area contributed by atoms with E-state index in [1.54, 1.807) is 6.07 Å². The molecule has 138 valence electrons. The molecule has 4 rings (SSSR count). The number of hydrogen-bond acceptors (Lipinski definition) is 4. The zero-order chi connectivity index (χ0) is 18.6. The maximum Gasteiger partial charge on any atom is 0.125 e. The first-order valence-corrected chi connectivity index (χ1v) is 9.28. The van der Waals surface area contributed by atoms with Crippen molar-refractivity contribution in [2.75, 3.05) is 13.1 Å². The van der Waals surface area contributed by atoms with Crippen LogP contribution >= 0.6 is 0 Å². The van der Waals surface area contributed by atoms with Crippen molar-refractivity contribution < 1.29 is 10.2 Å². The number of hydrogen-bond donors (Lipinski definition) is 2. The second kappa shape index (κ2) is 7.82. The summed E-state index contributed by atoms with van der Waals surface area (Å²) in [5.41, 5.74) is 3.34. The molecule has 2 N–H and O–H groups in total. The molecular formula is C23H24N2O2. The summed E-state index contributed by atoms with van der Waals surface area (Å²) >= 11 is 0. The highest BCUT2D eigenvalue weighted by Gasteiger charge is 2.34. The van der Waals surface area contributed by atoms with Crippen molar-refractivity contribution >= 4 is 0 Å². The van der Waals surface area contributed by atoms with Crippen LogP contribution in [0.1, 0.15) is 22.9 Å². The van der Waals surface area contributed by atoms with E-state index < -0.39 is 0 Å². The average Bonchev–Trinajstić information content (AvgIpc) is 3.05. The average molecular weight is 360 g/mol. The van der Waals surface area contributed by atoms with Crippen LogP contribution in [0.2, 0.25) is 0 Å². The van der Waals surface area contributed by atoms with Gasteiger partial charge in [0, 0.05) is 37.8 Å². The Balaban J connectivity index is 1.64. The van der Waals surface area contributed by atoms with E-state index in [1.165, 1.54) is 17.2 Å². The highest BCUT2D eigenvalue weighted by Crippen LogP contribution is 2.38. The lowest BCUT2D eigenvalue weighted by molar-refractivity contribution is 0.123. The standard InChI is InChI=1S/C23H24N2O2/c26-20-11-12-21(22(27)15-20)23-24(16-18-7-3-1-4-8-18)13-14-25(23)17-19-9-5-2-6-10-19/h1-12,15,23,26-27H,13-14,16-17H2. The molecule has 0 aromatic heterocycles. The molecular weight excluding hydrogens is 336 g/mol. The first-order chi connectivity index (χ1) is 13.2. The molecule has 0 atom stereocenters. The van der Waals surface area contributed by atoms with Crippen molar-refractivity contribution in [2.45, 2.75) is 19.3 Å². The van der Waals surface area contributed by atoms with E-state index in [0.717, 1.165) is 31.7 Å². The van der Waals surface area contributed by atoms with Crippen LogP contribution in [0, 0.1) is 0 Å². The van der Waals surface area contributed by atoms with Gasteiger partial charge >= 0.3 is 0 Å². The predicted molar refractivity (Wildman–Crippen MR) is 106 cm³/mol. The largest absolute Gasteiger partial charge is 0.508 e. The minimum absolute atomic E-state index is 0.0361. The predicted octanol–water partition coefficient (Wildman–Crippen LogP) is 4.11. The third kappa shape index (κ3) is 3.97. The summed E-state index contributed by atoms with van der Waals surface area (Å²) in [5, 5.41) is 20.2. The van der Waals surface area contributed by atoms with E-state index in [1.807, 2.05) is 18.2 Å². The van der Waals surface area contributed by atoms with Gasteiger partial charge in [0.25, 0.3) is 0 Å². The molecule has 1 aliphatic rings. The molecule has 1 aliphatic heterocycles. The van der Waals surface area contributed by atoms with Gasteiger partial charge in [-0.2, -0.15) is 0 Å². The Labute approximate surface area is 159 Å². The number of aromatic hydroxyl groups is 2. The van der Waals surface area contributed by atoms with Crippen LogP contribution in [0.5, 0.6) is 11.5 Å². The van der Waals surface area contributed by atoms with Crippen LogP contribution in [0.4, 0.5) is 0 Å². The highest BCUT2D eigenvalue weighted by atomic mass is 16.3. The Morgan fingerprint density at radius 3 is 1.70 bits per heavy atom. The lowest BCUT2D eigenvalue weighted by Gasteiger charge is -2.31. The molecule has 0 spiro atoms. The van der Waals surface area contributed by atoms with Gasteiger partial charge in [0.1, 0.15) is 11.5 Å². The normalized spacial score (nSPS) is 16.0. The number of benzene rings is 3. The molecule has 0 saturated carbocycles. The van der Waals surface area contributed by atoms with Gasteiger partial charge in [0.05, 0.1) is 6.17 Å². The minimum Gasteiger partial charge on any atom is -0.508 e. The zero-order valence-electron chi connectivity index (χ0n) is 15.2. The Kier molecular flexibility index (Phi) is 5.10. The minimum atomic E-state index is -0.0361. The van der Waals surface area contributed by atoms with Crippen molar-refractivity contribution in [3.8, 4) is 11.5 Å². The summed E-state index contributed by atoms with van der Waals surface area (Å²) in [5.74, 6) is 0.219. The maximum atomic E-state index is 10.5. The van der Waals surface area contributed by atoms with E-state index in [2.05, 4.69) is 58.3 Å². The van der Waals surface area contributed by atoms with Crippen LogP contribution in [0.15, 0.2) is 78.9 Å². The highest BCUT2D eigenvalue weighted by molar-refractivity contribution is 5.41. The number of rotatable bonds is 5. The number of phenolic OH excluding ortho intramolecular Hbond substituents is 2. The Morgan fingerprint density at radius 2 is 1.22 bits per heavy atom. The van der Waals surface area contributed by atoms with Crippen LogP contribution in [0.3, 0.4) is 0 Å². The Hall–Kier alpha value is -2.82. The van der Waals surface area contributed by atoms with Gasteiger partial charge in [-0.3, -0.25) is 9.80 Å². The van der Waals surface area contributed by atoms with Gasteiger partial charge in [-0.25, -0.2) is 0 Å². The van der Waals surface area contributed by atoms with Crippen molar-refractivity contribution in [3.05, 3.63) is 95.6 Å². The van der Waals surface area contributed by atoms with E-state index in [9.17, 15) is 10.2 Å². The fourth-order valence-electron chi connectivity index (χ4n) is 3.84. The van der Waals surface area contributed by atoms with Gasteiger partial charge in [0.15, 0.2) is 0 Å². The van der Waals surface area contributed by atoms with Gasteiger partial charge in [-0.05, 0) is 23.3 Å². The Bertz CT molecular complexity index is 834. The van der Waals surface area contributed by atoms with Crippen LogP contribution in [0.25, 0.3) is 0 Å². The van der Waals surface area contributed by atoms with Crippen LogP contribution in [-0.2, 0) is 13.1 Å². The van der Waals surface area contributed by atoms with E-state index in [-0.39, 0.29) is 17.7 Å². The van der Waals surface area contributed by atoms with Gasteiger partial charge in [-0.15, -0.1) is 0 Å². The van der Waals surface area contributed by atoms with Crippen molar-refractivity contribution in [3.63, 3.8) is 0 Å². The molecule has 3 aromatic rings. The number of phenols is 2. The summed E-state index contributed by atoms with van der Waals surface area (Å²) in [6.07, 6.45) is -0.0361. The lowest BCUT2D eigenvalue weighted by Crippen LogP contribution is -2.30. The molecule has 4 heteroatoms. The summed E-state index contributed by atoms with van der Waals surface area (Å²) in [7, 11) is 0. The molecule has 1 saturated heterocycles. The van der Waals surface area contributed by atoms with E-state index in [4.69, 9.17) is 0 Å². The molecule has 0 amide bonds. The molecule has 1 heterocycles. The van der Waals surface area contributed by atoms with Gasteiger partial charge in [-0.1, -0.05) is 60.7 Å². The smallest absolute Gasteiger partial charge is 0.125 e. The summed E-state index contributed by atoms with van der Waals surface area (Å²) < 4.78 is 0. The quantitative estimate of drug-likeness (QED) is 0.719. The van der Waals surface area contributed by atoms with Crippen molar-refractivity contribution in [1.82, 2.24) is 9.80 Å². The molecule has 0 bridgehead atoms. The summed E-state index contributed by atoms with van der Waals surface area (Å²) in [4.78, 5) is 4.76. The third-order valence-electron chi connectivity index (χ3n) is 5.12. The lowest BCUT2D eigenvalue weighted by atomic mass is 10.1. The SMILES string of the molecule is Oc1ccc(C2N(Cc3ccccc3)CCN2Cc2ccccc2)c(O)c1. The molecule has 0 unspecified atom stereocenters. The summed E-state index contributed by atoms with van der Waals surface area (Å²) in [6, 6.07) is 25.7. The topological polar surface area (TPSA) is 46.9 Å². The van der Waals surface area contributed by atoms with Crippen LogP contribution in [-0.4, -0.2) is 33.1 Å². The number of nitrogens with zero attached hydrogens (tertiary/aromatic N) is 2. The fraction of sp³-hybridized carbons (Fsp3) is 0.217. The van der Waals surface area contributed by atoms with Crippen molar-refractivity contribution in [2.24, 2.45) is 0 Å². The van der Waals surface area contributed by atoms with Crippen molar-refractivity contribution in [1.29, 1.82) is 0 Å². The van der Waals surface area contributed by atoms with Crippen LogP contribution < -0.4 is 0 Å². The summed E-state index contributed by atoms with van der Waals surface area (Å²) in [6.45, 7) is 3.48. The molecule has 3 aromatic carbocycles. The molecule has 0 aliphatic carbocycles.